The van der Waals surface area contributed by atoms with Gasteiger partial charge in [0.1, 0.15) is 11.9 Å². The van der Waals surface area contributed by atoms with Crippen LogP contribution >= 0.6 is 0 Å². The number of hydrogen-bond acceptors (Lipinski definition) is 6. The quantitative estimate of drug-likeness (QED) is 0.687. The van der Waals surface area contributed by atoms with Crippen LogP contribution in [0.1, 0.15) is 26.3 Å². The number of tetrazole rings is 1. The first kappa shape index (κ1) is 20.0. The van der Waals surface area contributed by atoms with Crippen molar-refractivity contribution in [3.05, 3.63) is 60.4 Å². The highest BCUT2D eigenvalue weighted by Gasteiger charge is 2.17. The minimum atomic E-state index is -0.610. The molecular weight excluding hydrogens is 372 g/mol. The predicted molar refractivity (Wildman–Crippen MR) is 108 cm³/mol. The van der Waals surface area contributed by atoms with Gasteiger partial charge in [-0.15, -0.1) is 5.10 Å². The summed E-state index contributed by atoms with van der Waals surface area (Å²) in [6, 6.07) is 14.3. The van der Waals surface area contributed by atoms with Gasteiger partial charge in [0.2, 0.25) is 5.91 Å². The normalized spacial score (nSPS) is 11.0. The molecule has 150 valence electrons. The summed E-state index contributed by atoms with van der Waals surface area (Å²) in [4.78, 5) is 24.6. The third-order valence-corrected chi connectivity index (χ3v) is 3.75. The first-order valence-electron chi connectivity index (χ1n) is 9.01. The van der Waals surface area contributed by atoms with Crippen LogP contribution in [-0.4, -0.2) is 37.8 Å². The van der Waals surface area contributed by atoms with Gasteiger partial charge in [-0.25, -0.2) is 9.48 Å². The number of benzene rings is 2. The van der Waals surface area contributed by atoms with Gasteiger partial charge in [-0.3, -0.25) is 10.1 Å². The molecule has 0 unspecified atom stereocenters. The van der Waals surface area contributed by atoms with E-state index >= 15 is 0 Å². The summed E-state index contributed by atoms with van der Waals surface area (Å²) in [5, 5.41) is 16.6. The fourth-order valence-electron chi connectivity index (χ4n) is 2.59. The van der Waals surface area contributed by atoms with Crippen molar-refractivity contribution in [1.82, 2.24) is 20.2 Å². The lowest BCUT2D eigenvalue weighted by Crippen LogP contribution is -2.27. The number of carbonyl (C=O) groups is 2. The highest BCUT2D eigenvalue weighted by atomic mass is 16.6. The lowest BCUT2D eigenvalue weighted by molar-refractivity contribution is -0.115. The maximum absolute atomic E-state index is 12.5. The molecule has 1 aromatic heterocycles. The maximum Gasteiger partial charge on any atom is 0.412 e. The second kappa shape index (κ2) is 8.51. The van der Waals surface area contributed by atoms with E-state index in [1.54, 1.807) is 63.2 Å². The number of nitrogens with zero attached hydrogens (tertiary/aromatic N) is 4. The summed E-state index contributed by atoms with van der Waals surface area (Å²) in [5.41, 5.74) is 1.92. The molecule has 1 heterocycles. The average molecular weight is 394 g/mol. The molecule has 3 aromatic rings. The average Bonchev–Trinajstić information content (AvgIpc) is 3.17. The fourth-order valence-corrected chi connectivity index (χ4v) is 2.59. The zero-order valence-corrected chi connectivity index (χ0v) is 16.4. The third kappa shape index (κ3) is 5.86. The Labute approximate surface area is 168 Å². The van der Waals surface area contributed by atoms with Crippen molar-refractivity contribution >= 4 is 23.4 Å². The van der Waals surface area contributed by atoms with E-state index in [9.17, 15) is 9.59 Å². The number of para-hydroxylation sites is 1. The molecule has 0 bridgehead atoms. The van der Waals surface area contributed by atoms with Gasteiger partial charge in [0.05, 0.1) is 12.1 Å². The van der Waals surface area contributed by atoms with Crippen LogP contribution in [0.15, 0.2) is 54.9 Å². The Balaban J connectivity index is 1.67. The number of anilines is 2. The topological polar surface area (TPSA) is 111 Å². The minimum absolute atomic E-state index is 0.0844. The molecule has 2 aromatic carbocycles. The fraction of sp³-hybridized carbons (Fsp3) is 0.250. The summed E-state index contributed by atoms with van der Waals surface area (Å²) in [5.74, 6) is -0.225. The van der Waals surface area contributed by atoms with E-state index in [0.717, 1.165) is 5.69 Å². The molecular formula is C20H22N6O3. The number of aromatic nitrogens is 4. The van der Waals surface area contributed by atoms with E-state index in [4.69, 9.17) is 4.74 Å². The van der Waals surface area contributed by atoms with Gasteiger partial charge in [-0.1, -0.05) is 24.3 Å². The Morgan fingerprint density at radius 3 is 2.59 bits per heavy atom. The second-order valence-corrected chi connectivity index (χ2v) is 7.31. The number of rotatable bonds is 5. The lowest BCUT2D eigenvalue weighted by Gasteiger charge is -2.20. The highest BCUT2D eigenvalue weighted by Crippen LogP contribution is 2.19. The van der Waals surface area contributed by atoms with Crippen LogP contribution in [0.2, 0.25) is 0 Å². The van der Waals surface area contributed by atoms with Crippen LogP contribution in [0.4, 0.5) is 16.2 Å². The molecule has 0 aliphatic carbocycles. The molecule has 2 N–H and O–H groups in total. The van der Waals surface area contributed by atoms with Gasteiger partial charge in [-0.05, 0) is 61.0 Å². The van der Waals surface area contributed by atoms with Crippen molar-refractivity contribution in [2.24, 2.45) is 0 Å². The Morgan fingerprint density at radius 1 is 1.07 bits per heavy atom. The molecule has 0 aliphatic rings. The second-order valence-electron chi connectivity index (χ2n) is 7.31. The number of hydrogen-bond donors (Lipinski definition) is 2. The monoisotopic (exact) mass is 394 g/mol. The summed E-state index contributed by atoms with van der Waals surface area (Å²) in [6.45, 7) is 5.36. The van der Waals surface area contributed by atoms with Crippen molar-refractivity contribution in [1.29, 1.82) is 0 Å². The smallest absolute Gasteiger partial charge is 0.412 e. The molecule has 9 heteroatoms. The van der Waals surface area contributed by atoms with Crippen molar-refractivity contribution < 1.29 is 14.3 Å². The molecule has 0 spiro atoms. The van der Waals surface area contributed by atoms with Crippen LogP contribution in [-0.2, 0) is 16.0 Å². The maximum atomic E-state index is 12.5. The van der Waals surface area contributed by atoms with E-state index in [-0.39, 0.29) is 12.3 Å². The van der Waals surface area contributed by atoms with Crippen molar-refractivity contribution in [2.75, 3.05) is 10.6 Å². The molecule has 2 amide bonds. The molecule has 3 rings (SSSR count). The van der Waals surface area contributed by atoms with Crippen LogP contribution in [0.3, 0.4) is 0 Å². The number of amides is 2. The number of carbonyl (C=O) groups excluding carboxylic acids is 2. The van der Waals surface area contributed by atoms with Gasteiger partial charge in [0.15, 0.2) is 0 Å². The molecule has 9 nitrogen and oxygen atoms in total. The molecule has 0 saturated heterocycles. The SMILES string of the molecule is CC(C)(C)OC(=O)Nc1ccccc1CC(=O)Nc1cccc(-n2cnnn2)c1. The van der Waals surface area contributed by atoms with Crippen LogP contribution in [0.5, 0.6) is 0 Å². The van der Waals surface area contributed by atoms with Crippen LogP contribution in [0.25, 0.3) is 5.69 Å². The third-order valence-electron chi connectivity index (χ3n) is 3.75. The Morgan fingerprint density at radius 2 is 1.86 bits per heavy atom. The number of ether oxygens (including phenoxy) is 1. The van der Waals surface area contributed by atoms with Gasteiger partial charge in [-0.2, -0.15) is 0 Å². The Kier molecular flexibility index (Phi) is 5.87. The molecule has 0 saturated carbocycles. The Bertz CT molecular complexity index is 995. The largest absolute Gasteiger partial charge is 0.444 e. The van der Waals surface area contributed by atoms with E-state index in [2.05, 4.69) is 26.2 Å². The lowest BCUT2D eigenvalue weighted by atomic mass is 10.1. The molecule has 0 fully saturated rings. The minimum Gasteiger partial charge on any atom is -0.444 e. The first-order chi connectivity index (χ1) is 13.8. The van der Waals surface area contributed by atoms with Crippen molar-refractivity contribution in [3.63, 3.8) is 0 Å². The number of nitrogens with one attached hydrogen (secondary N) is 2. The summed E-state index contributed by atoms with van der Waals surface area (Å²) in [6.07, 6.45) is 0.986. The molecule has 0 atom stereocenters. The van der Waals surface area contributed by atoms with E-state index in [0.29, 0.717) is 16.9 Å². The standard InChI is InChI=1S/C20H22N6O3/c1-20(2,3)29-19(28)23-17-10-5-4-7-14(17)11-18(27)22-15-8-6-9-16(12-15)26-13-21-24-25-26/h4-10,12-13H,11H2,1-3H3,(H,22,27)(H,23,28). The first-order valence-corrected chi connectivity index (χ1v) is 9.01. The summed E-state index contributed by atoms with van der Waals surface area (Å²) in [7, 11) is 0. The molecule has 29 heavy (non-hydrogen) atoms. The van der Waals surface area contributed by atoms with E-state index in [1.165, 1.54) is 11.0 Å². The van der Waals surface area contributed by atoms with E-state index < -0.39 is 11.7 Å². The molecule has 0 radical (unpaired) electrons. The van der Waals surface area contributed by atoms with Gasteiger partial charge in [0.25, 0.3) is 0 Å². The summed E-state index contributed by atoms with van der Waals surface area (Å²) < 4.78 is 6.77. The van der Waals surface area contributed by atoms with Gasteiger partial charge in [0, 0.05) is 11.4 Å². The molecule has 0 aliphatic heterocycles. The Hall–Kier alpha value is -3.75. The summed E-state index contributed by atoms with van der Waals surface area (Å²) >= 11 is 0. The van der Waals surface area contributed by atoms with Gasteiger partial charge < -0.3 is 10.1 Å². The van der Waals surface area contributed by atoms with Crippen LogP contribution in [0, 0.1) is 0 Å². The van der Waals surface area contributed by atoms with Crippen molar-refractivity contribution in [3.8, 4) is 5.69 Å². The zero-order valence-electron chi connectivity index (χ0n) is 16.4. The van der Waals surface area contributed by atoms with Crippen LogP contribution < -0.4 is 10.6 Å². The van der Waals surface area contributed by atoms with E-state index in [1.807, 2.05) is 6.07 Å². The zero-order chi connectivity index (χ0) is 20.9. The van der Waals surface area contributed by atoms with Crippen molar-refractivity contribution in [2.45, 2.75) is 32.8 Å². The van der Waals surface area contributed by atoms with Gasteiger partial charge >= 0.3 is 6.09 Å². The predicted octanol–water partition coefficient (Wildman–Crippen LogP) is 3.19. The highest BCUT2D eigenvalue weighted by molar-refractivity contribution is 5.94.